The molecule has 76 heavy (non-hydrogen) atoms. The van der Waals surface area contributed by atoms with Crippen molar-refractivity contribution in [1.82, 2.24) is 40.1 Å². The van der Waals surface area contributed by atoms with Gasteiger partial charge in [-0.3, -0.25) is 20.0 Å². The number of fused-ring (bicyclic) bond motifs is 2. The fraction of sp³-hybridized carbons (Fsp3) is 0.393. The second-order valence-corrected chi connectivity index (χ2v) is 19.0. The zero-order valence-corrected chi connectivity index (χ0v) is 45.4. The topological polar surface area (TPSA) is 192 Å². The number of anilines is 7. The Balaban J connectivity index is 0.000000221. The molecule has 0 saturated heterocycles. The van der Waals surface area contributed by atoms with Gasteiger partial charge in [-0.05, 0) is 109 Å². The molecule has 18 nitrogen and oxygen atoms in total. The molecule has 20 heteroatoms. The highest BCUT2D eigenvalue weighted by molar-refractivity contribution is 6.33. The number of aromatic nitrogens is 4. The lowest BCUT2D eigenvalue weighted by atomic mass is 10.0. The van der Waals surface area contributed by atoms with Crippen molar-refractivity contribution in [2.24, 2.45) is 0 Å². The first-order valence-electron chi connectivity index (χ1n) is 25.7. The van der Waals surface area contributed by atoms with Crippen LogP contribution < -0.4 is 26.7 Å². The Hall–Kier alpha value is -6.48. The third-order valence-corrected chi connectivity index (χ3v) is 13.5. The molecule has 2 aliphatic rings. The van der Waals surface area contributed by atoms with Gasteiger partial charge in [0.15, 0.2) is 11.6 Å². The lowest BCUT2D eigenvalue weighted by Crippen LogP contribution is -2.38. The summed E-state index contributed by atoms with van der Waals surface area (Å²) in [4.78, 5) is 48.7. The molecule has 0 aliphatic carbocycles. The number of hydrazine groups is 1. The van der Waals surface area contributed by atoms with E-state index in [1.54, 1.807) is 52.8 Å². The first-order valence-corrected chi connectivity index (χ1v) is 26.4. The number of nitrogens with one attached hydrogen (secondary N) is 5. The summed E-state index contributed by atoms with van der Waals surface area (Å²) >= 11 is 12.8. The molecule has 0 spiro atoms. The standard InChI is InChI=1S/2C28H35ClN6O3/c1-37-16-5-12-30-27(36)23-6-3-4-7-25(23)33-26-24(29)19-31-28(34-26)32-22-9-8-20-10-13-35(15-17-38-2)14-11-21(20)18-22;1-37-17-6-13-35(27(36)22-7-4-3-5-8-22)33-26-25(29)20-30-28(32-26)31-24-10-9-21-11-14-34(16-18-38-2)15-12-23(21)19-24/h3-4,6-9,18-19H,5,10-17H2,1-2H3,(H,30,36)(H2,31,32,33,34);3-5,7-10,19-20H,6,11-18H2,1-2H3,(H2,30,31,32,33). The summed E-state index contributed by atoms with van der Waals surface area (Å²) in [7, 11) is 6.76. The molecule has 5 N–H and O–H groups in total. The summed E-state index contributed by atoms with van der Waals surface area (Å²) in [6.45, 7) is 9.49. The number of rotatable bonds is 24. The van der Waals surface area contributed by atoms with Crippen LogP contribution in [0.1, 0.15) is 55.8 Å². The van der Waals surface area contributed by atoms with E-state index < -0.39 is 0 Å². The van der Waals surface area contributed by atoms with Crippen LogP contribution in [0.3, 0.4) is 0 Å². The average molecular weight is 1080 g/mol. The Morgan fingerprint density at radius 1 is 0.592 bits per heavy atom. The molecular formula is C56H70Cl2N12O6. The second kappa shape index (κ2) is 30.3. The minimum absolute atomic E-state index is 0.182. The Bertz CT molecular complexity index is 2800. The quantitative estimate of drug-likeness (QED) is 0.0285. The average Bonchev–Trinajstić information content (AvgIpc) is 3.78. The van der Waals surface area contributed by atoms with E-state index in [-0.39, 0.29) is 11.8 Å². The van der Waals surface area contributed by atoms with Crippen molar-refractivity contribution in [1.29, 1.82) is 0 Å². The van der Waals surface area contributed by atoms with Gasteiger partial charge in [-0.15, -0.1) is 0 Å². The predicted molar refractivity (Wildman–Crippen MR) is 301 cm³/mol. The van der Waals surface area contributed by atoms with E-state index in [1.807, 2.05) is 42.5 Å². The molecule has 404 valence electrons. The lowest BCUT2D eigenvalue weighted by Gasteiger charge is -2.24. The van der Waals surface area contributed by atoms with Crippen molar-refractivity contribution >= 4 is 75.6 Å². The van der Waals surface area contributed by atoms with Gasteiger partial charge in [-0.25, -0.2) is 9.97 Å². The van der Waals surface area contributed by atoms with Crippen LogP contribution in [0.5, 0.6) is 0 Å². The third-order valence-electron chi connectivity index (χ3n) is 12.9. The molecular weight excluding hydrogens is 1010 g/mol. The van der Waals surface area contributed by atoms with Crippen molar-refractivity contribution in [2.45, 2.75) is 38.5 Å². The molecule has 0 bridgehead atoms. The number of para-hydroxylation sites is 1. The molecule has 2 aromatic heterocycles. The van der Waals surface area contributed by atoms with Crippen molar-refractivity contribution in [2.75, 3.05) is 129 Å². The normalized spacial score (nSPS) is 13.4. The van der Waals surface area contributed by atoms with E-state index in [4.69, 9.17) is 42.1 Å². The van der Waals surface area contributed by atoms with Gasteiger partial charge >= 0.3 is 0 Å². The minimum Gasteiger partial charge on any atom is -0.385 e. The van der Waals surface area contributed by atoms with Gasteiger partial charge in [-0.1, -0.05) is 65.7 Å². The number of nitrogens with zero attached hydrogens (tertiary/aromatic N) is 7. The van der Waals surface area contributed by atoms with Crippen LogP contribution in [0.25, 0.3) is 0 Å². The first-order chi connectivity index (χ1) is 37.1. The molecule has 2 aliphatic heterocycles. The van der Waals surface area contributed by atoms with Crippen LogP contribution in [-0.4, -0.2) is 154 Å². The van der Waals surface area contributed by atoms with E-state index >= 15 is 0 Å². The summed E-state index contributed by atoms with van der Waals surface area (Å²) in [6.07, 6.45) is 8.44. The number of hydrogen-bond donors (Lipinski definition) is 5. The van der Waals surface area contributed by atoms with E-state index in [1.165, 1.54) is 33.5 Å². The van der Waals surface area contributed by atoms with Gasteiger partial charge in [-0.2, -0.15) is 9.97 Å². The summed E-state index contributed by atoms with van der Waals surface area (Å²) in [5, 5.41) is 14.9. The van der Waals surface area contributed by atoms with Crippen molar-refractivity contribution in [3.8, 4) is 0 Å². The number of benzene rings is 4. The number of methoxy groups -OCH3 is 4. The van der Waals surface area contributed by atoms with E-state index in [2.05, 4.69) is 86.8 Å². The fourth-order valence-corrected chi connectivity index (χ4v) is 9.01. The largest absolute Gasteiger partial charge is 0.385 e. The van der Waals surface area contributed by atoms with Crippen LogP contribution in [0.4, 0.5) is 40.6 Å². The van der Waals surface area contributed by atoms with Gasteiger partial charge in [0.25, 0.3) is 11.8 Å². The fourth-order valence-electron chi connectivity index (χ4n) is 8.74. The molecule has 8 rings (SSSR count). The number of ether oxygens (including phenoxy) is 4. The van der Waals surface area contributed by atoms with Crippen molar-refractivity contribution in [3.63, 3.8) is 0 Å². The number of hydrogen-bond acceptors (Lipinski definition) is 16. The Morgan fingerprint density at radius 3 is 1.68 bits per heavy atom. The van der Waals surface area contributed by atoms with Crippen LogP contribution in [0.2, 0.25) is 10.0 Å². The minimum atomic E-state index is -0.184. The van der Waals surface area contributed by atoms with Gasteiger partial charge in [0, 0.05) is 111 Å². The number of carbonyl (C=O) groups excluding carboxylic acids is 2. The Labute approximate surface area is 456 Å². The number of amides is 2. The summed E-state index contributed by atoms with van der Waals surface area (Å²) < 4.78 is 20.7. The van der Waals surface area contributed by atoms with Crippen LogP contribution in [-0.2, 0) is 44.6 Å². The third kappa shape index (κ3) is 17.3. The first kappa shape index (κ1) is 57.2. The highest BCUT2D eigenvalue weighted by Gasteiger charge is 2.20. The van der Waals surface area contributed by atoms with E-state index in [0.717, 1.165) is 96.0 Å². The van der Waals surface area contributed by atoms with Gasteiger partial charge in [0.2, 0.25) is 11.9 Å². The van der Waals surface area contributed by atoms with Crippen LogP contribution >= 0.6 is 23.2 Å². The number of halogens is 2. The molecule has 6 aromatic rings. The molecule has 4 aromatic carbocycles. The van der Waals surface area contributed by atoms with Gasteiger partial charge in [0.1, 0.15) is 10.0 Å². The molecule has 0 fully saturated rings. The van der Waals surface area contributed by atoms with E-state index in [9.17, 15) is 9.59 Å². The highest BCUT2D eigenvalue weighted by Crippen LogP contribution is 2.29. The number of carbonyl (C=O) groups is 2. The molecule has 0 unspecified atom stereocenters. The Kier molecular flexibility index (Phi) is 22.8. The van der Waals surface area contributed by atoms with Crippen molar-refractivity contribution in [3.05, 3.63) is 147 Å². The molecule has 0 saturated carbocycles. The maximum atomic E-state index is 13.2. The monoisotopic (exact) mass is 1080 g/mol. The molecule has 0 radical (unpaired) electrons. The second-order valence-electron chi connectivity index (χ2n) is 18.2. The van der Waals surface area contributed by atoms with Crippen molar-refractivity contribution < 1.29 is 28.5 Å². The summed E-state index contributed by atoms with van der Waals surface area (Å²) in [6, 6.07) is 29.1. The Morgan fingerprint density at radius 2 is 1.11 bits per heavy atom. The van der Waals surface area contributed by atoms with Gasteiger partial charge < -0.3 is 50.0 Å². The lowest BCUT2D eigenvalue weighted by molar-refractivity contribution is 0.0776. The van der Waals surface area contributed by atoms with Crippen LogP contribution in [0.15, 0.2) is 103 Å². The SMILES string of the molecule is COCCCN(Nc1nc(Nc2ccc3c(c2)CCN(CCOC)CC3)ncc1Cl)C(=O)c1ccccc1.COCCCNC(=O)c1ccccc1Nc1nc(Nc2ccc3c(c2)CCN(CCOC)CC3)ncc1Cl. The smallest absolute Gasteiger partial charge is 0.272 e. The summed E-state index contributed by atoms with van der Waals surface area (Å²) in [5.74, 6) is 1.18. The molecule has 4 heterocycles. The highest BCUT2D eigenvalue weighted by atomic mass is 35.5. The predicted octanol–water partition coefficient (Wildman–Crippen LogP) is 8.86. The zero-order valence-electron chi connectivity index (χ0n) is 43.9. The zero-order chi connectivity index (χ0) is 53.5. The van der Waals surface area contributed by atoms with Crippen LogP contribution in [0, 0.1) is 0 Å². The van der Waals surface area contributed by atoms with E-state index in [0.29, 0.717) is 83.1 Å². The van der Waals surface area contributed by atoms with Gasteiger partial charge in [0.05, 0.1) is 36.9 Å². The maximum absolute atomic E-state index is 13.2. The maximum Gasteiger partial charge on any atom is 0.272 e. The molecule has 2 amide bonds. The molecule has 0 atom stereocenters. The summed E-state index contributed by atoms with van der Waals surface area (Å²) in [5.41, 5.74) is 12.0.